The Hall–Kier alpha value is -1.96. The van der Waals surface area contributed by atoms with E-state index in [1.54, 1.807) is 0 Å². The molecule has 3 atom stereocenters. The smallest absolute Gasteiger partial charge is 0.135 e. The molecule has 1 aliphatic rings. The van der Waals surface area contributed by atoms with Crippen molar-refractivity contribution in [3.05, 3.63) is 58.1 Å². The van der Waals surface area contributed by atoms with Gasteiger partial charge in [0.25, 0.3) is 0 Å². The van der Waals surface area contributed by atoms with Gasteiger partial charge in [-0.3, -0.25) is 0 Å². The summed E-state index contributed by atoms with van der Waals surface area (Å²) in [6, 6.07) is 11.2. The summed E-state index contributed by atoms with van der Waals surface area (Å²) >= 11 is 0. The molecule has 182 valence electrons. The lowest BCUT2D eigenvalue weighted by Crippen LogP contribution is -2.50. The molecule has 2 aromatic rings. The molecule has 0 spiro atoms. The standard InChI is InChI=1S/C31H46O2/c1-8-10-11-12-13-14-15-16-25-17-18-27-28(21-25)33-31(7,24(5)30(27,6)9-2)26-19-22(3)29(32)23(4)20-26/h17-21,24,32H,8-16H2,1-7H3. The van der Waals surface area contributed by atoms with Crippen molar-refractivity contribution in [2.75, 3.05) is 0 Å². The van der Waals surface area contributed by atoms with Gasteiger partial charge in [0.1, 0.15) is 17.1 Å². The number of hydrogen-bond acceptors (Lipinski definition) is 2. The van der Waals surface area contributed by atoms with Crippen LogP contribution in [0.5, 0.6) is 11.5 Å². The third-order valence-electron chi connectivity index (χ3n) is 8.63. The second-order valence-electron chi connectivity index (χ2n) is 10.9. The number of fused-ring (bicyclic) bond motifs is 1. The monoisotopic (exact) mass is 450 g/mol. The number of benzene rings is 2. The lowest BCUT2D eigenvalue weighted by molar-refractivity contribution is -0.0314. The van der Waals surface area contributed by atoms with Gasteiger partial charge in [0.2, 0.25) is 0 Å². The Kier molecular flexibility index (Phi) is 8.19. The van der Waals surface area contributed by atoms with Gasteiger partial charge >= 0.3 is 0 Å². The molecule has 2 heteroatoms. The predicted molar refractivity (Wildman–Crippen MR) is 141 cm³/mol. The number of hydrogen-bond donors (Lipinski definition) is 1. The first-order valence-electron chi connectivity index (χ1n) is 13.3. The molecule has 2 nitrogen and oxygen atoms in total. The molecular formula is C31H46O2. The van der Waals surface area contributed by atoms with Crippen LogP contribution in [0.3, 0.4) is 0 Å². The summed E-state index contributed by atoms with van der Waals surface area (Å²) in [4.78, 5) is 0. The van der Waals surface area contributed by atoms with Gasteiger partial charge in [-0.15, -0.1) is 0 Å². The Morgan fingerprint density at radius 3 is 2.09 bits per heavy atom. The van der Waals surface area contributed by atoms with Gasteiger partial charge in [-0.05, 0) is 80.5 Å². The predicted octanol–water partition coefficient (Wildman–Crippen LogP) is 8.91. The Morgan fingerprint density at radius 1 is 0.879 bits per heavy atom. The molecule has 33 heavy (non-hydrogen) atoms. The highest BCUT2D eigenvalue weighted by Gasteiger charge is 2.51. The van der Waals surface area contributed by atoms with Crippen LogP contribution in [0.15, 0.2) is 30.3 Å². The van der Waals surface area contributed by atoms with Gasteiger partial charge in [-0.2, -0.15) is 0 Å². The first-order chi connectivity index (χ1) is 15.7. The summed E-state index contributed by atoms with van der Waals surface area (Å²) in [7, 11) is 0. The van der Waals surface area contributed by atoms with E-state index in [-0.39, 0.29) is 5.41 Å². The maximum absolute atomic E-state index is 10.3. The first-order valence-corrected chi connectivity index (χ1v) is 13.3. The van der Waals surface area contributed by atoms with Gasteiger partial charge in [-0.25, -0.2) is 0 Å². The van der Waals surface area contributed by atoms with Crippen molar-refractivity contribution in [1.29, 1.82) is 0 Å². The fraction of sp³-hybridized carbons (Fsp3) is 0.613. The van der Waals surface area contributed by atoms with E-state index in [0.29, 0.717) is 11.7 Å². The maximum atomic E-state index is 10.3. The quantitative estimate of drug-likeness (QED) is 0.366. The van der Waals surface area contributed by atoms with Crippen molar-refractivity contribution < 1.29 is 9.84 Å². The van der Waals surface area contributed by atoms with E-state index >= 15 is 0 Å². The van der Waals surface area contributed by atoms with Crippen LogP contribution in [0, 0.1) is 19.8 Å². The van der Waals surface area contributed by atoms with E-state index in [4.69, 9.17) is 4.74 Å². The zero-order valence-corrected chi connectivity index (χ0v) is 22.2. The van der Waals surface area contributed by atoms with Crippen LogP contribution >= 0.6 is 0 Å². The van der Waals surface area contributed by atoms with E-state index in [2.05, 4.69) is 65.0 Å². The highest BCUT2D eigenvalue weighted by Crippen LogP contribution is 2.54. The normalized spacial score (nSPS) is 24.4. The third kappa shape index (κ3) is 5.10. The average molecular weight is 451 g/mol. The van der Waals surface area contributed by atoms with Crippen molar-refractivity contribution in [1.82, 2.24) is 0 Å². The molecule has 1 N–H and O–H groups in total. The molecule has 0 radical (unpaired) electrons. The SMILES string of the molecule is CCCCCCCCCc1ccc2c(c1)OC(C)(c1cc(C)c(O)c(C)c1)C(C)C2(C)CC. The molecule has 2 aromatic carbocycles. The Balaban J connectivity index is 1.86. The van der Waals surface area contributed by atoms with E-state index in [1.165, 1.54) is 56.1 Å². The zero-order chi connectivity index (χ0) is 24.2. The number of phenolic OH excluding ortho intramolecular Hbond substituents is 1. The Labute approximate surface area is 202 Å². The molecule has 0 saturated carbocycles. The number of phenols is 1. The van der Waals surface area contributed by atoms with Gasteiger partial charge in [0.15, 0.2) is 0 Å². The fourth-order valence-electron chi connectivity index (χ4n) is 5.77. The molecule has 0 aromatic heterocycles. The molecule has 1 heterocycles. The van der Waals surface area contributed by atoms with E-state index in [1.807, 2.05) is 13.8 Å². The van der Waals surface area contributed by atoms with Gasteiger partial charge in [0.05, 0.1) is 0 Å². The van der Waals surface area contributed by atoms with Crippen LogP contribution in [-0.2, 0) is 17.4 Å². The van der Waals surface area contributed by atoms with Crippen molar-refractivity contribution >= 4 is 0 Å². The van der Waals surface area contributed by atoms with Gasteiger partial charge < -0.3 is 9.84 Å². The summed E-state index contributed by atoms with van der Waals surface area (Å²) in [6.45, 7) is 15.5. The number of ether oxygens (including phenoxy) is 1. The number of aryl methyl sites for hydroxylation is 3. The largest absolute Gasteiger partial charge is 0.507 e. The molecule has 0 aliphatic carbocycles. The Morgan fingerprint density at radius 2 is 1.48 bits per heavy atom. The summed E-state index contributed by atoms with van der Waals surface area (Å²) in [5.41, 5.74) is 5.29. The van der Waals surface area contributed by atoms with Gasteiger partial charge in [0, 0.05) is 16.9 Å². The maximum Gasteiger partial charge on any atom is 0.135 e. The molecular weight excluding hydrogens is 404 g/mol. The van der Waals surface area contributed by atoms with Crippen LogP contribution < -0.4 is 4.74 Å². The van der Waals surface area contributed by atoms with E-state index in [0.717, 1.165) is 35.3 Å². The van der Waals surface area contributed by atoms with Crippen molar-refractivity contribution in [2.24, 2.45) is 5.92 Å². The molecule has 3 unspecified atom stereocenters. The van der Waals surface area contributed by atoms with Crippen molar-refractivity contribution in [3.63, 3.8) is 0 Å². The number of unbranched alkanes of at least 4 members (excludes halogenated alkanes) is 6. The minimum absolute atomic E-state index is 0.0276. The first kappa shape index (κ1) is 25.7. The highest BCUT2D eigenvalue weighted by molar-refractivity contribution is 5.50. The molecule has 0 fully saturated rings. The number of rotatable bonds is 10. The van der Waals surface area contributed by atoms with Crippen LogP contribution in [0.1, 0.15) is 114 Å². The van der Waals surface area contributed by atoms with Crippen LogP contribution in [0.25, 0.3) is 0 Å². The summed E-state index contributed by atoms with van der Waals surface area (Å²) in [5.74, 6) is 1.73. The summed E-state index contributed by atoms with van der Waals surface area (Å²) in [5, 5.41) is 10.3. The minimum atomic E-state index is -0.446. The minimum Gasteiger partial charge on any atom is -0.507 e. The topological polar surface area (TPSA) is 29.5 Å². The molecule has 0 bridgehead atoms. The van der Waals surface area contributed by atoms with Crippen molar-refractivity contribution in [2.45, 2.75) is 117 Å². The van der Waals surface area contributed by atoms with Crippen LogP contribution in [0.2, 0.25) is 0 Å². The average Bonchev–Trinajstić information content (AvgIpc) is 2.80. The zero-order valence-electron chi connectivity index (χ0n) is 22.2. The fourth-order valence-corrected chi connectivity index (χ4v) is 5.77. The lowest BCUT2D eigenvalue weighted by Gasteiger charge is -2.51. The van der Waals surface area contributed by atoms with Crippen LogP contribution in [-0.4, -0.2) is 5.11 Å². The van der Waals surface area contributed by atoms with E-state index in [9.17, 15) is 5.11 Å². The second-order valence-corrected chi connectivity index (χ2v) is 10.9. The number of aromatic hydroxyl groups is 1. The summed E-state index contributed by atoms with van der Waals surface area (Å²) in [6.07, 6.45) is 11.5. The third-order valence-corrected chi connectivity index (χ3v) is 8.63. The van der Waals surface area contributed by atoms with Crippen LogP contribution in [0.4, 0.5) is 0 Å². The molecule has 0 saturated heterocycles. The molecule has 1 aliphatic heterocycles. The molecule has 3 rings (SSSR count). The van der Waals surface area contributed by atoms with Crippen molar-refractivity contribution in [3.8, 4) is 11.5 Å². The Bertz CT molecular complexity index is 923. The van der Waals surface area contributed by atoms with E-state index < -0.39 is 5.60 Å². The van der Waals surface area contributed by atoms with Gasteiger partial charge in [-0.1, -0.05) is 78.4 Å². The lowest BCUT2D eigenvalue weighted by atomic mass is 9.61. The summed E-state index contributed by atoms with van der Waals surface area (Å²) < 4.78 is 6.90. The second kappa shape index (κ2) is 10.5. The highest BCUT2D eigenvalue weighted by atomic mass is 16.5. The molecule has 0 amide bonds.